The Morgan fingerprint density at radius 3 is 3.00 bits per heavy atom. The van der Waals surface area contributed by atoms with Crippen LogP contribution in [0.25, 0.3) is 0 Å². The summed E-state index contributed by atoms with van der Waals surface area (Å²) in [4.78, 5) is 13.8. The Morgan fingerprint density at radius 2 is 2.35 bits per heavy atom. The number of amides is 1. The number of halogens is 2. The first-order valence-corrected chi connectivity index (χ1v) is 6.23. The third kappa shape index (κ3) is 2.84. The summed E-state index contributed by atoms with van der Waals surface area (Å²) in [6, 6.07) is 4.43. The molecule has 1 aliphatic heterocycles. The molecule has 1 saturated heterocycles. The number of carbonyl (C=O) groups excluding carboxylic acids is 1. The first-order valence-electron chi connectivity index (χ1n) is 5.44. The number of benzene rings is 1. The molecule has 0 saturated carbocycles. The molecule has 1 fully saturated rings. The molecule has 0 bridgehead atoms. The van der Waals surface area contributed by atoms with Crippen molar-refractivity contribution in [3.63, 3.8) is 0 Å². The highest BCUT2D eigenvalue weighted by molar-refractivity contribution is 9.10. The summed E-state index contributed by atoms with van der Waals surface area (Å²) in [6.07, 6.45) is 0.0352. The lowest BCUT2D eigenvalue weighted by Gasteiger charge is -2.31. The number of rotatable bonds is 1. The second-order valence-corrected chi connectivity index (χ2v) is 4.92. The molecule has 17 heavy (non-hydrogen) atoms. The molecule has 0 N–H and O–H groups in total. The molecular formula is C12H13BrFNO2. The highest BCUT2D eigenvalue weighted by atomic mass is 79.9. The van der Waals surface area contributed by atoms with Gasteiger partial charge in [0.05, 0.1) is 17.2 Å². The normalized spacial score (nSPS) is 20.4. The van der Waals surface area contributed by atoms with Gasteiger partial charge in [0.15, 0.2) is 0 Å². The van der Waals surface area contributed by atoms with Gasteiger partial charge >= 0.3 is 0 Å². The van der Waals surface area contributed by atoms with Crippen molar-refractivity contribution in [2.75, 3.05) is 19.7 Å². The molecule has 2 rings (SSSR count). The van der Waals surface area contributed by atoms with Gasteiger partial charge < -0.3 is 9.64 Å². The summed E-state index contributed by atoms with van der Waals surface area (Å²) >= 11 is 3.06. The largest absolute Gasteiger partial charge is 0.375 e. The molecule has 1 aromatic carbocycles. The van der Waals surface area contributed by atoms with E-state index in [4.69, 9.17) is 4.74 Å². The molecule has 0 spiro atoms. The molecule has 0 aliphatic carbocycles. The molecular weight excluding hydrogens is 289 g/mol. The maximum Gasteiger partial charge on any atom is 0.254 e. The van der Waals surface area contributed by atoms with Gasteiger partial charge in [-0.15, -0.1) is 0 Å². The molecule has 1 heterocycles. The quantitative estimate of drug-likeness (QED) is 0.797. The zero-order valence-electron chi connectivity index (χ0n) is 9.45. The molecule has 1 unspecified atom stereocenters. The standard InChI is InChI=1S/C12H13BrFNO2/c1-8-7-15(4-5-17-8)12(16)9-2-3-10(13)11(14)6-9/h2-3,6,8H,4-5,7H2,1H3. The minimum absolute atomic E-state index is 0.0352. The number of hydrogen-bond acceptors (Lipinski definition) is 2. The second kappa shape index (κ2) is 5.14. The van der Waals surface area contributed by atoms with Crippen molar-refractivity contribution in [1.29, 1.82) is 0 Å². The lowest BCUT2D eigenvalue weighted by atomic mass is 10.1. The highest BCUT2D eigenvalue weighted by Crippen LogP contribution is 2.18. The minimum Gasteiger partial charge on any atom is -0.375 e. The van der Waals surface area contributed by atoms with Crippen molar-refractivity contribution in [1.82, 2.24) is 4.90 Å². The zero-order valence-corrected chi connectivity index (χ0v) is 11.0. The summed E-state index contributed by atoms with van der Waals surface area (Å²) in [5, 5.41) is 0. The zero-order chi connectivity index (χ0) is 12.4. The van der Waals surface area contributed by atoms with E-state index in [1.54, 1.807) is 17.0 Å². The van der Waals surface area contributed by atoms with Gasteiger partial charge in [0, 0.05) is 18.7 Å². The van der Waals surface area contributed by atoms with E-state index in [1.807, 2.05) is 6.92 Å². The fourth-order valence-corrected chi connectivity index (χ4v) is 2.06. The van der Waals surface area contributed by atoms with Gasteiger partial charge in [-0.1, -0.05) is 0 Å². The fraction of sp³-hybridized carbons (Fsp3) is 0.417. The van der Waals surface area contributed by atoms with Crippen LogP contribution in [0.5, 0.6) is 0 Å². The predicted octanol–water partition coefficient (Wildman–Crippen LogP) is 2.45. The third-order valence-corrected chi connectivity index (χ3v) is 3.34. The van der Waals surface area contributed by atoms with Crippen molar-refractivity contribution >= 4 is 21.8 Å². The van der Waals surface area contributed by atoms with Gasteiger partial charge in [-0.3, -0.25) is 4.79 Å². The first-order chi connectivity index (χ1) is 8.08. The van der Waals surface area contributed by atoms with Crippen LogP contribution >= 0.6 is 15.9 Å². The summed E-state index contributed by atoms with van der Waals surface area (Å²) in [6.45, 7) is 3.56. The maximum atomic E-state index is 13.3. The van der Waals surface area contributed by atoms with Crippen molar-refractivity contribution in [2.45, 2.75) is 13.0 Å². The molecule has 5 heteroatoms. The van der Waals surface area contributed by atoms with Crippen molar-refractivity contribution in [3.8, 4) is 0 Å². The van der Waals surface area contributed by atoms with E-state index >= 15 is 0 Å². The van der Waals surface area contributed by atoms with Crippen LogP contribution in [0.2, 0.25) is 0 Å². The molecule has 0 aromatic heterocycles. The summed E-state index contributed by atoms with van der Waals surface area (Å²) in [5.41, 5.74) is 0.375. The Morgan fingerprint density at radius 1 is 1.59 bits per heavy atom. The predicted molar refractivity (Wildman–Crippen MR) is 65.4 cm³/mol. The van der Waals surface area contributed by atoms with Gasteiger partial charge in [-0.05, 0) is 41.1 Å². The van der Waals surface area contributed by atoms with Crippen LogP contribution in [0.4, 0.5) is 4.39 Å². The smallest absolute Gasteiger partial charge is 0.254 e. The summed E-state index contributed by atoms with van der Waals surface area (Å²) < 4.78 is 19.1. The number of nitrogens with zero attached hydrogens (tertiary/aromatic N) is 1. The monoisotopic (exact) mass is 301 g/mol. The Balaban J connectivity index is 2.15. The van der Waals surface area contributed by atoms with E-state index in [0.717, 1.165) is 0 Å². The molecule has 0 radical (unpaired) electrons. The maximum absolute atomic E-state index is 13.3. The van der Waals surface area contributed by atoms with Crippen LogP contribution in [-0.4, -0.2) is 36.6 Å². The highest BCUT2D eigenvalue weighted by Gasteiger charge is 2.22. The second-order valence-electron chi connectivity index (χ2n) is 4.06. The van der Waals surface area contributed by atoms with E-state index in [-0.39, 0.29) is 12.0 Å². The van der Waals surface area contributed by atoms with Crippen LogP contribution in [-0.2, 0) is 4.74 Å². The molecule has 3 nitrogen and oxygen atoms in total. The number of ether oxygens (including phenoxy) is 1. The van der Waals surface area contributed by atoms with Gasteiger partial charge in [0.25, 0.3) is 5.91 Å². The number of carbonyl (C=O) groups is 1. The lowest BCUT2D eigenvalue weighted by molar-refractivity contribution is -0.0124. The lowest BCUT2D eigenvalue weighted by Crippen LogP contribution is -2.44. The fourth-order valence-electron chi connectivity index (χ4n) is 1.81. The first kappa shape index (κ1) is 12.5. The third-order valence-electron chi connectivity index (χ3n) is 2.69. The average Bonchev–Trinajstić information content (AvgIpc) is 2.32. The van der Waals surface area contributed by atoms with Crippen LogP contribution in [0.15, 0.2) is 22.7 Å². The van der Waals surface area contributed by atoms with E-state index < -0.39 is 5.82 Å². The van der Waals surface area contributed by atoms with E-state index in [9.17, 15) is 9.18 Å². The SMILES string of the molecule is CC1CN(C(=O)c2ccc(Br)c(F)c2)CCO1. The molecule has 1 amide bonds. The topological polar surface area (TPSA) is 29.5 Å². The van der Waals surface area contributed by atoms with Crippen molar-refractivity contribution in [2.24, 2.45) is 0 Å². The van der Waals surface area contributed by atoms with Gasteiger partial charge in [-0.25, -0.2) is 4.39 Å². The van der Waals surface area contributed by atoms with E-state index in [2.05, 4.69) is 15.9 Å². The van der Waals surface area contributed by atoms with Crippen LogP contribution < -0.4 is 0 Å². The Kier molecular flexibility index (Phi) is 3.79. The number of morpholine rings is 1. The van der Waals surface area contributed by atoms with Crippen LogP contribution in [0, 0.1) is 5.82 Å². The molecule has 92 valence electrons. The number of hydrogen-bond donors (Lipinski definition) is 0. The van der Waals surface area contributed by atoms with Gasteiger partial charge in [0.1, 0.15) is 5.82 Å². The Bertz CT molecular complexity index is 439. The van der Waals surface area contributed by atoms with Crippen molar-refractivity contribution in [3.05, 3.63) is 34.1 Å². The van der Waals surface area contributed by atoms with Crippen LogP contribution in [0.3, 0.4) is 0 Å². The minimum atomic E-state index is -0.419. The van der Waals surface area contributed by atoms with Gasteiger partial charge in [0.2, 0.25) is 0 Å². The molecule has 1 aromatic rings. The Labute approximate surface area is 108 Å². The van der Waals surface area contributed by atoms with Crippen LogP contribution in [0.1, 0.15) is 17.3 Å². The van der Waals surface area contributed by atoms with Crippen molar-refractivity contribution < 1.29 is 13.9 Å². The molecule has 1 atom stereocenters. The summed E-state index contributed by atoms with van der Waals surface area (Å²) in [5.74, 6) is -0.566. The summed E-state index contributed by atoms with van der Waals surface area (Å²) in [7, 11) is 0. The van der Waals surface area contributed by atoms with E-state index in [1.165, 1.54) is 6.07 Å². The Hall–Kier alpha value is -0.940. The molecule has 1 aliphatic rings. The van der Waals surface area contributed by atoms with E-state index in [0.29, 0.717) is 29.7 Å². The van der Waals surface area contributed by atoms with Gasteiger partial charge in [-0.2, -0.15) is 0 Å². The average molecular weight is 302 g/mol.